The Labute approximate surface area is 148 Å². The summed E-state index contributed by atoms with van der Waals surface area (Å²) in [5.74, 6) is -0.374. The molecule has 136 valence electrons. The van der Waals surface area contributed by atoms with Crippen molar-refractivity contribution in [3.63, 3.8) is 0 Å². The van der Waals surface area contributed by atoms with Gasteiger partial charge in [0.25, 0.3) is 0 Å². The second kappa shape index (κ2) is 8.66. The van der Waals surface area contributed by atoms with E-state index in [1.807, 2.05) is 6.92 Å². The highest BCUT2D eigenvalue weighted by atomic mass is 35.5. The summed E-state index contributed by atoms with van der Waals surface area (Å²) in [5.41, 5.74) is 0.0801. The van der Waals surface area contributed by atoms with E-state index in [0.29, 0.717) is 0 Å². The summed E-state index contributed by atoms with van der Waals surface area (Å²) >= 11 is 0. The van der Waals surface area contributed by atoms with Crippen LogP contribution < -0.4 is 14.8 Å². The Morgan fingerprint density at radius 1 is 1.33 bits per heavy atom. The molecule has 1 fully saturated rings. The van der Waals surface area contributed by atoms with Crippen molar-refractivity contribution in [3.8, 4) is 5.75 Å². The predicted octanol–water partition coefficient (Wildman–Crippen LogP) is 1.32. The Morgan fingerprint density at radius 3 is 2.62 bits per heavy atom. The van der Waals surface area contributed by atoms with Crippen LogP contribution in [0.25, 0.3) is 0 Å². The highest BCUT2D eigenvalue weighted by Gasteiger charge is 2.26. The molecule has 1 aromatic carbocycles. The number of carbonyl (C=O) groups is 1. The van der Waals surface area contributed by atoms with Gasteiger partial charge >= 0.3 is 5.97 Å². The van der Waals surface area contributed by atoms with E-state index in [9.17, 15) is 13.2 Å². The highest BCUT2D eigenvalue weighted by molar-refractivity contribution is 7.89. The van der Waals surface area contributed by atoms with Crippen LogP contribution in [0.3, 0.4) is 0 Å². The first-order valence-corrected chi connectivity index (χ1v) is 8.87. The van der Waals surface area contributed by atoms with Crippen LogP contribution >= 0.6 is 12.4 Å². The molecule has 7 nitrogen and oxygen atoms in total. The molecular weight excluding hydrogens is 356 g/mol. The summed E-state index contributed by atoms with van der Waals surface area (Å²) < 4.78 is 37.5. The van der Waals surface area contributed by atoms with Gasteiger partial charge < -0.3 is 14.8 Å². The van der Waals surface area contributed by atoms with Gasteiger partial charge in [-0.2, -0.15) is 0 Å². The van der Waals surface area contributed by atoms with E-state index in [-0.39, 0.29) is 40.7 Å². The lowest BCUT2D eigenvalue weighted by Gasteiger charge is -2.28. The minimum Gasteiger partial charge on any atom is -0.496 e. The van der Waals surface area contributed by atoms with Gasteiger partial charge in [0.1, 0.15) is 11.3 Å². The molecule has 0 aliphatic carbocycles. The van der Waals surface area contributed by atoms with E-state index in [1.165, 1.54) is 32.4 Å². The maximum absolute atomic E-state index is 12.5. The van der Waals surface area contributed by atoms with Crippen LogP contribution in [0.15, 0.2) is 23.1 Å². The lowest BCUT2D eigenvalue weighted by atomic mass is 10.0. The smallest absolute Gasteiger partial charge is 0.341 e. The molecule has 24 heavy (non-hydrogen) atoms. The van der Waals surface area contributed by atoms with Gasteiger partial charge in [-0.05, 0) is 44.5 Å². The Balaban J connectivity index is 0.00000288. The lowest BCUT2D eigenvalue weighted by Crippen LogP contribution is -2.46. The standard InChI is InChI=1S/C15H22N2O5S.ClH/c1-10-8-11(6-7-16-10)17-23(19,20)12-4-5-14(21-2)13(9-12)15(18)22-3;/h4-5,9-11,16-17H,6-8H2,1-3H3;1H. The number of sulfonamides is 1. The minimum absolute atomic E-state index is 0. The number of methoxy groups -OCH3 is 2. The molecule has 1 aromatic rings. The normalized spacial score (nSPS) is 20.8. The van der Waals surface area contributed by atoms with Gasteiger partial charge in [0.05, 0.1) is 19.1 Å². The van der Waals surface area contributed by atoms with Gasteiger partial charge in [-0.15, -0.1) is 12.4 Å². The third kappa shape index (κ3) is 4.83. The molecule has 9 heteroatoms. The average molecular weight is 379 g/mol. The highest BCUT2D eigenvalue weighted by Crippen LogP contribution is 2.24. The largest absolute Gasteiger partial charge is 0.496 e. The zero-order chi connectivity index (χ0) is 17.0. The summed E-state index contributed by atoms with van der Waals surface area (Å²) in [7, 11) is -1.07. The SMILES string of the molecule is COC(=O)c1cc(S(=O)(=O)NC2CCNC(C)C2)ccc1OC.Cl. The predicted molar refractivity (Wildman–Crippen MR) is 92.4 cm³/mol. The molecule has 1 heterocycles. The number of ether oxygens (including phenoxy) is 2. The Hall–Kier alpha value is -1.35. The monoisotopic (exact) mass is 378 g/mol. The second-order valence-electron chi connectivity index (χ2n) is 5.55. The van der Waals surface area contributed by atoms with E-state index in [0.717, 1.165) is 19.4 Å². The Morgan fingerprint density at radius 2 is 2.04 bits per heavy atom. The van der Waals surface area contributed by atoms with Crippen LogP contribution in [0, 0.1) is 0 Å². The molecule has 0 bridgehead atoms. The van der Waals surface area contributed by atoms with Crippen molar-refractivity contribution < 1.29 is 22.7 Å². The van der Waals surface area contributed by atoms with Crippen molar-refractivity contribution in [2.24, 2.45) is 0 Å². The Kier molecular flexibility index (Phi) is 7.47. The number of esters is 1. The van der Waals surface area contributed by atoms with Gasteiger partial charge in [0, 0.05) is 12.1 Å². The van der Waals surface area contributed by atoms with E-state index in [4.69, 9.17) is 4.74 Å². The summed E-state index contributed by atoms with van der Waals surface area (Å²) in [6.45, 7) is 2.79. The van der Waals surface area contributed by atoms with Crippen molar-refractivity contribution in [3.05, 3.63) is 23.8 Å². The second-order valence-corrected chi connectivity index (χ2v) is 7.27. The van der Waals surface area contributed by atoms with Gasteiger partial charge in [-0.25, -0.2) is 17.9 Å². The molecule has 2 rings (SSSR count). The number of rotatable bonds is 5. The summed E-state index contributed by atoms with van der Waals surface area (Å²) in [6, 6.07) is 4.28. The number of hydrogen-bond acceptors (Lipinski definition) is 6. The van der Waals surface area contributed by atoms with Gasteiger partial charge in [0.2, 0.25) is 10.0 Å². The maximum atomic E-state index is 12.5. The first kappa shape index (κ1) is 20.7. The van der Waals surface area contributed by atoms with Crippen LogP contribution in [0.4, 0.5) is 0 Å². The maximum Gasteiger partial charge on any atom is 0.341 e. The number of hydrogen-bond donors (Lipinski definition) is 2. The van der Waals surface area contributed by atoms with E-state index in [2.05, 4.69) is 14.8 Å². The van der Waals surface area contributed by atoms with Gasteiger partial charge in [0.15, 0.2) is 0 Å². The first-order valence-electron chi connectivity index (χ1n) is 7.39. The molecule has 2 N–H and O–H groups in total. The molecule has 1 aliphatic heterocycles. The van der Waals surface area contributed by atoms with Crippen LogP contribution in [0.5, 0.6) is 5.75 Å². The van der Waals surface area contributed by atoms with Crippen LogP contribution in [0.2, 0.25) is 0 Å². The van der Waals surface area contributed by atoms with E-state index in [1.54, 1.807) is 0 Å². The van der Waals surface area contributed by atoms with Crippen molar-refractivity contribution >= 4 is 28.4 Å². The quantitative estimate of drug-likeness (QED) is 0.750. The fourth-order valence-corrected chi connectivity index (χ4v) is 3.96. The van der Waals surface area contributed by atoms with Crippen molar-refractivity contribution in [1.29, 1.82) is 0 Å². The molecule has 0 amide bonds. The summed E-state index contributed by atoms with van der Waals surface area (Å²) in [4.78, 5) is 11.8. The molecule has 1 saturated heterocycles. The molecule has 0 aromatic heterocycles. The van der Waals surface area contributed by atoms with Crippen LogP contribution in [-0.2, 0) is 14.8 Å². The number of benzene rings is 1. The molecular formula is C15H23ClN2O5S. The topological polar surface area (TPSA) is 93.7 Å². The lowest BCUT2D eigenvalue weighted by molar-refractivity contribution is 0.0597. The van der Waals surface area contributed by atoms with Crippen molar-refractivity contribution in [2.75, 3.05) is 20.8 Å². The number of nitrogens with one attached hydrogen (secondary N) is 2. The molecule has 1 aliphatic rings. The molecule has 2 unspecified atom stereocenters. The number of carbonyl (C=O) groups excluding carboxylic acids is 1. The molecule has 0 spiro atoms. The third-order valence-corrected chi connectivity index (χ3v) is 5.35. The number of halogens is 1. The van der Waals surface area contributed by atoms with E-state index >= 15 is 0 Å². The molecule has 2 atom stereocenters. The fourth-order valence-electron chi connectivity index (χ4n) is 2.65. The zero-order valence-electron chi connectivity index (χ0n) is 13.9. The van der Waals surface area contributed by atoms with Crippen molar-refractivity contribution in [1.82, 2.24) is 10.0 Å². The minimum atomic E-state index is -3.71. The van der Waals surface area contributed by atoms with Gasteiger partial charge in [-0.1, -0.05) is 0 Å². The first-order chi connectivity index (χ1) is 10.9. The van der Waals surface area contributed by atoms with E-state index < -0.39 is 16.0 Å². The number of piperidine rings is 1. The Bertz CT molecular complexity index is 680. The van der Waals surface area contributed by atoms with Crippen molar-refractivity contribution in [2.45, 2.75) is 36.7 Å². The third-order valence-electron chi connectivity index (χ3n) is 3.83. The zero-order valence-corrected chi connectivity index (χ0v) is 15.5. The molecule has 0 saturated carbocycles. The van der Waals surface area contributed by atoms with Crippen LogP contribution in [-0.4, -0.2) is 47.2 Å². The fraction of sp³-hybridized carbons (Fsp3) is 0.533. The summed E-state index contributed by atoms with van der Waals surface area (Å²) in [5, 5.41) is 3.27. The average Bonchev–Trinajstić information content (AvgIpc) is 2.53. The summed E-state index contributed by atoms with van der Waals surface area (Å²) in [6.07, 6.45) is 1.45. The van der Waals surface area contributed by atoms with Crippen LogP contribution in [0.1, 0.15) is 30.1 Å². The van der Waals surface area contributed by atoms with Gasteiger partial charge in [-0.3, -0.25) is 0 Å². The molecule has 0 radical (unpaired) electrons.